The predicted octanol–water partition coefficient (Wildman–Crippen LogP) is 4.46. The van der Waals surface area contributed by atoms with Gasteiger partial charge in [0.15, 0.2) is 5.78 Å². The zero-order valence-corrected chi connectivity index (χ0v) is 10.8. The summed E-state index contributed by atoms with van der Waals surface area (Å²) in [7, 11) is 0. The minimum atomic E-state index is -0.0822. The molecule has 0 heterocycles. The van der Waals surface area contributed by atoms with Crippen LogP contribution in [0, 0.1) is 6.92 Å². The Balaban J connectivity index is 2.23. The van der Waals surface area contributed by atoms with Crippen LogP contribution in [0.1, 0.15) is 21.5 Å². The molecule has 0 saturated heterocycles. The third-order valence-electron chi connectivity index (χ3n) is 2.64. The molecule has 0 aromatic heterocycles. The van der Waals surface area contributed by atoms with Gasteiger partial charge in [-0.2, -0.15) is 0 Å². The molecular weight excluding hydrogens is 244 g/mol. The molecule has 0 aliphatic rings. The molecule has 2 rings (SSSR count). The Hall–Kier alpha value is -1.86. The Morgan fingerprint density at radius 3 is 2.17 bits per heavy atom. The fraction of sp³-hybridized carbons (Fsp3) is 0.0625. The van der Waals surface area contributed by atoms with Crippen molar-refractivity contribution in [2.45, 2.75) is 6.92 Å². The van der Waals surface area contributed by atoms with Crippen LogP contribution in [-0.2, 0) is 0 Å². The van der Waals surface area contributed by atoms with Gasteiger partial charge in [-0.25, -0.2) is 0 Å². The van der Waals surface area contributed by atoms with Gasteiger partial charge >= 0.3 is 0 Å². The molecule has 0 radical (unpaired) electrons. The number of hydrogen-bond acceptors (Lipinski definition) is 1. The fourth-order valence-electron chi connectivity index (χ4n) is 1.60. The molecule has 0 aliphatic carbocycles. The molecule has 0 amide bonds. The Labute approximate surface area is 112 Å². The van der Waals surface area contributed by atoms with Gasteiger partial charge in [-0.1, -0.05) is 71.8 Å². The molecule has 18 heavy (non-hydrogen) atoms. The van der Waals surface area contributed by atoms with E-state index in [2.05, 4.69) is 0 Å². The Kier molecular flexibility index (Phi) is 3.96. The van der Waals surface area contributed by atoms with Crippen LogP contribution >= 0.6 is 11.6 Å². The van der Waals surface area contributed by atoms with Crippen molar-refractivity contribution < 1.29 is 4.79 Å². The van der Waals surface area contributed by atoms with Crippen LogP contribution in [0.3, 0.4) is 0 Å². The van der Waals surface area contributed by atoms with Crippen LogP contribution in [0.4, 0.5) is 0 Å². The van der Waals surface area contributed by atoms with Crippen molar-refractivity contribution in [2.24, 2.45) is 0 Å². The maximum absolute atomic E-state index is 11.9. The molecule has 0 N–H and O–H groups in total. The zero-order valence-electron chi connectivity index (χ0n) is 10.1. The summed E-state index contributed by atoms with van der Waals surface area (Å²) in [5.74, 6) is -0.0822. The third-order valence-corrected chi connectivity index (χ3v) is 2.97. The van der Waals surface area contributed by atoms with Gasteiger partial charge in [-0.05, 0) is 12.5 Å². The van der Waals surface area contributed by atoms with Gasteiger partial charge in [0.2, 0.25) is 0 Å². The first kappa shape index (κ1) is 12.6. The van der Waals surface area contributed by atoms with E-state index >= 15 is 0 Å². The number of halogens is 1. The van der Waals surface area contributed by atoms with Crippen molar-refractivity contribution in [2.75, 3.05) is 0 Å². The average Bonchev–Trinajstić information content (AvgIpc) is 2.40. The van der Waals surface area contributed by atoms with E-state index in [0.29, 0.717) is 10.6 Å². The molecule has 0 aliphatic heterocycles. The van der Waals surface area contributed by atoms with Gasteiger partial charge in [0, 0.05) is 11.6 Å². The first-order valence-electron chi connectivity index (χ1n) is 5.70. The summed E-state index contributed by atoms with van der Waals surface area (Å²) in [6, 6.07) is 16.9. The van der Waals surface area contributed by atoms with Crippen molar-refractivity contribution in [1.29, 1.82) is 0 Å². The van der Waals surface area contributed by atoms with E-state index in [1.54, 1.807) is 12.1 Å². The maximum atomic E-state index is 11.9. The topological polar surface area (TPSA) is 17.1 Å². The molecule has 0 saturated carbocycles. The number of benzene rings is 2. The highest BCUT2D eigenvalue weighted by Gasteiger charge is 2.04. The number of carbonyl (C=O) groups is 1. The maximum Gasteiger partial charge on any atom is 0.187 e. The molecule has 90 valence electrons. The lowest BCUT2D eigenvalue weighted by atomic mass is 10.1. The minimum Gasteiger partial charge on any atom is -0.289 e. The van der Waals surface area contributed by atoms with Crippen molar-refractivity contribution in [3.05, 3.63) is 77.4 Å². The smallest absolute Gasteiger partial charge is 0.187 e. The summed E-state index contributed by atoms with van der Waals surface area (Å²) in [4.78, 5) is 11.9. The molecule has 0 unspecified atom stereocenters. The summed E-state index contributed by atoms with van der Waals surface area (Å²) in [6.45, 7) is 2.01. The van der Waals surface area contributed by atoms with Crippen molar-refractivity contribution in [3.8, 4) is 0 Å². The van der Waals surface area contributed by atoms with E-state index in [9.17, 15) is 4.79 Å². The van der Waals surface area contributed by atoms with E-state index < -0.39 is 0 Å². The number of allylic oxidation sites excluding steroid dienone is 1. The van der Waals surface area contributed by atoms with Crippen molar-refractivity contribution >= 4 is 22.4 Å². The monoisotopic (exact) mass is 256 g/mol. The molecular formula is C16H13ClO. The molecule has 2 heteroatoms. The highest BCUT2D eigenvalue weighted by molar-refractivity contribution is 6.50. The third kappa shape index (κ3) is 3.08. The SMILES string of the molecule is Cc1ccc(/C(Cl)=C/C(=O)c2ccccc2)cc1. The van der Waals surface area contributed by atoms with Gasteiger partial charge in [0.1, 0.15) is 0 Å². The summed E-state index contributed by atoms with van der Waals surface area (Å²) in [6.07, 6.45) is 1.46. The molecule has 0 fully saturated rings. The van der Waals surface area contributed by atoms with E-state index in [4.69, 9.17) is 11.6 Å². The van der Waals surface area contributed by atoms with E-state index in [1.165, 1.54) is 6.08 Å². The summed E-state index contributed by atoms with van der Waals surface area (Å²) in [5, 5.41) is 0.462. The van der Waals surface area contributed by atoms with Gasteiger partial charge < -0.3 is 0 Å². The van der Waals surface area contributed by atoms with E-state index in [0.717, 1.165) is 11.1 Å². The zero-order chi connectivity index (χ0) is 13.0. The Morgan fingerprint density at radius 2 is 1.56 bits per heavy atom. The standard InChI is InChI=1S/C16H13ClO/c1-12-7-9-13(10-8-12)15(17)11-16(18)14-5-3-2-4-6-14/h2-11H,1H3/b15-11-. The first-order valence-corrected chi connectivity index (χ1v) is 6.08. The van der Waals surface area contributed by atoms with Crippen LogP contribution < -0.4 is 0 Å². The molecule has 0 bridgehead atoms. The van der Waals surface area contributed by atoms with Gasteiger partial charge in [-0.3, -0.25) is 4.79 Å². The number of aryl methyl sites for hydroxylation is 1. The van der Waals surface area contributed by atoms with Gasteiger partial charge in [-0.15, -0.1) is 0 Å². The quantitative estimate of drug-likeness (QED) is 0.585. The van der Waals surface area contributed by atoms with Gasteiger partial charge in [0.05, 0.1) is 5.03 Å². The summed E-state index contributed by atoms with van der Waals surface area (Å²) < 4.78 is 0. The Morgan fingerprint density at radius 1 is 0.944 bits per heavy atom. The second-order valence-corrected chi connectivity index (χ2v) is 4.50. The highest BCUT2D eigenvalue weighted by atomic mass is 35.5. The largest absolute Gasteiger partial charge is 0.289 e. The van der Waals surface area contributed by atoms with Crippen molar-refractivity contribution in [1.82, 2.24) is 0 Å². The minimum absolute atomic E-state index is 0.0822. The van der Waals surface area contributed by atoms with Crippen LogP contribution in [0.2, 0.25) is 0 Å². The molecule has 2 aromatic rings. The van der Waals surface area contributed by atoms with Gasteiger partial charge in [0.25, 0.3) is 0 Å². The normalized spacial score (nSPS) is 11.3. The number of carbonyl (C=O) groups excluding carboxylic acids is 1. The summed E-state index contributed by atoms with van der Waals surface area (Å²) >= 11 is 6.14. The van der Waals surface area contributed by atoms with Crippen LogP contribution in [0.5, 0.6) is 0 Å². The molecule has 0 spiro atoms. The lowest BCUT2D eigenvalue weighted by Crippen LogP contribution is -1.94. The first-order chi connectivity index (χ1) is 8.66. The second-order valence-electron chi connectivity index (χ2n) is 4.09. The fourth-order valence-corrected chi connectivity index (χ4v) is 1.82. The summed E-state index contributed by atoms with van der Waals surface area (Å²) in [5.41, 5.74) is 2.66. The van der Waals surface area contributed by atoms with Crippen molar-refractivity contribution in [3.63, 3.8) is 0 Å². The van der Waals surface area contributed by atoms with Crippen LogP contribution in [0.25, 0.3) is 5.03 Å². The average molecular weight is 257 g/mol. The highest BCUT2D eigenvalue weighted by Crippen LogP contribution is 2.20. The van der Waals surface area contributed by atoms with Crippen LogP contribution in [-0.4, -0.2) is 5.78 Å². The lowest BCUT2D eigenvalue weighted by Gasteiger charge is -2.00. The second kappa shape index (κ2) is 5.65. The number of rotatable bonds is 3. The number of ketones is 1. The molecule has 2 aromatic carbocycles. The van der Waals surface area contributed by atoms with Crippen LogP contribution in [0.15, 0.2) is 60.7 Å². The molecule has 1 nitrogen and oxygen atoms in total. The number of hydrogen-bond donors (Lipinski definition) is 0. The lowest BCUT2D eigenvalue weighted by molar-refractivity contribution is 0.104. The molecule has 0 atom stereocenters. The predicted molar refractivity (Wildman–Crippen MR) is 75.8 cm³/mol. The van der Waals surface area contributed by atoms with E-state index in [-0.39, 0.29) is 5.78 Å². The van der Waals surface area contributed by atoms with E-state index in [1.807, 2.05) is 49.4 Å². The Bertz CT molecular complexity index is 568.